The molecular weight excluding hydrogens is 391 g/mol. The Morgan fingerprint density at radius 1 is 1.10 bits per heavy atom. The van der Waals surface area contributed by atoms with Gasteiger partial charge in [0, 0.05) is 9.85 Å². The second kappa shape index (κ2) is 6.05. The minimum atomic E-state index is 0.361. The highest BCUT2D eigenvalue weighted by atomic mass is 79.9. The Hall–Kier alpha value is -0.940. The molecule has 0 amide bonds. The fourth-order valence-electron chi connectivity index (χ4n) is 1.99. The quantitative estimate of drug-likeness (QED) is 0.476. The number of hydrogen-bond donors (Lipinski definition) is 0. The van der Waals surface area contributed by atoms with Crippen LogP contribution in [-0.4, -0.2) is 9.97 Å². The van der Waals surface area contributed by atoms with Crippen LogP contribution in [0.5, 0.6) is 0 Å². The molecule has 3 rings (SSSR count). The Balaban J connectivity index is 2.12. The van der Waals surface area contributed by atoms with E-state index in [1.807, 2.05) is 42.6 Å². The van der Waals surface area contributed by atoms with Gasteiger partial charge in [-0.2, -0.15) is 0 Å². The van der Waals surface area contributed by atoms with Crippen LogP contribution in [0.2, 0.25) is 10.3 Å². The summed E-state index contributed by atoms with van der Waals surface area (Å²) in [5.74, 6) is 0.539. The van der Waals surface area contributed by atoms with E-state index in [1.165, 1.54) is 11.3 Å². The average molecular weight is 400 g/mol. The molecule has 2 aromatic heterocycles. The minimum absolute atomic E-state index is 0.361. The van der Waals surface area contributed by atoms with E-state index in [0.29, 0.717) is 21.7 Å². The van der Waals surface area contributed by atoms with Gasteiger partial charge in [-0.05, 0) is 34.5 Å². The van der Waals surface area contributed by atoms with Gasteiger partial charge in [0.1, 0.15) is 10.3 Å². The summed E-state index contributed by atoms with van der Waals surface area (Å²) in [5.41, 5.74) is 2.72. The predicted octanol–water partition coefficient (Wildman–Crippen LogP) is 6.25. The number of benzene rings is 1. The smallest absolute Gasteiger partial charge is 0.172 e. The second-order valence-corrected chi connectivity index (χ2v) is 7.05. The van der Waals surface area contributed by atoms with E-state index in [-0.39, 0.29) is 0 Å². The first kappa shape index (κ1) is 15.0. The van der Waals surface area contributed by atoms with Crippen LogP contribution in [0.4, 0.5) is 0 Å². The summed E-state index contributed by atoms with van der Waals surface area (Å²) in [6, 6.07) is 9.88. The third-order valence-electron chi connectivity index (χ3n) is 2.92. The SMILES string of the molecule is Cc1cccc(-c2c(Cl)nc(-c3cc(Br)cs3)nc2Cl)c1. The predicted molar refractivity (Wildman–Crippen MR) is 93.2 cm³/mol. The topological polar surface area (TPSA) is 25.8 Å². The summed E-state index contributed by atoms with van der Waals surface area (Å²) in [7, 11) is 0. The maximum absolute atomic E-state index is 6.34. The Labute approximate surface area is 144 Å². The minimum Gasteiger partial charge on any atom is -0.215 e. The van der Waals surface area contributed by atoms with Crippen LogP contribution in [0.15, 0.2) is 40.2 Å². The van der Waals surface area contributed by atoms with Gasteiger partial charge in [-0.15, -0.1) is 11.3 Å². The molecule has 0 aliphatic carbocycles. The number of halogens is 3. The Bertz CT molecular complexity index is 794. The lowest BCUT2D eigenvalue weighted by Gasteiger charge is -2.08. The molecule has 0 N–H and O–H groups in total. The van der Waals surface area contributed by atoms with Crippen LogP contribution in [0, 0.1) is 6.92 Å². The van der Waals surface area contributed by atoms with E-state index in [4.69, 9.17) is 23.2 Å². The van der Waals surface area contributed by atoms with E-state index in [0.717, 1.165) is 20.5 Å². The molecule has 3 aromatic rings. The van der Waals surface area contributed by atoms with Crippen molar-refractivity contribution in [3.63, 3.8) is 0 Å². The van der Waals surface area contributed by atoms with E-state index in [1.54, 1.807) is 0 Å². The zero-order chi connectivity index (χ0) is 15.0. The summed E-state index contributed by atoms with van der Waals surface area (Å²) >= 11 is 17.6. The van der Waals surface area contributed by atoms with Crippen molar-refractivity contribution in [1.82, 2.24) is 9.97 Å². The Morgan fingerprint density at radius 2 is 1.81 bits per heavy atom. The molecule has 1 aromatic carbocycles. The molecule has 2 nitrogen and oxygen atoms in total. The maximum Gasteiger partial charge on any atom is 0.172 e. The van der Waals surface area contributed by atoms with Crippen molar-refractivity contribution < 1.29 is 0 Å². The number of thiophene rings is 1. The summed E-state index contributed by atoms with van der Waals surface area (Å²) in [5, 5.41) is 2.69. The van der Waals surface area contributed by atoms with Gasteiger partial charge in [0.2, 0.25) is 0 Å². The molecule has 0 aliphatic heterocycles. The molecule has 0 radical (unpaired) electrons. The Kier molecular flexibility index (Phi) is 4.31. The molecule has 0 fully saturated rings. The van der Waals surface area contributed by atoms with E-state index in [2.05, 4.69) is 25.9 Å². The molecule has 6 heteroatoms. The first-order valence-electron chi connectivity index (χ1n) is 6.09. The normalized spacial score (nSPS) is 10.9. The fraction of sp³-hybridized carbons (Fsp3) is 0.0667. The fourth-order valence-corrected chi connectivity index (χ4v) is 3.95. The molecule has 0 atom stereocenters. The molecule has 0 saturated carbocycles. The lowest BCUT2D eigenvalue weighted by atomic mass is 10.1. The molecule has 0 spiro atoms. The molecule has 2 heterocycles. The number of aryl methyl sites for hydroxylation is 1. The molecule has 0 saturated heterocycles. The highest BCUT2D eigenvalue weighted by Gasteiger charge is 2.15. The van der Waals surface area contributed by atoms with Gasteiger partial charge < -0.3 is 0 Å². The summed E-state index contributed by atoms with van der Waals surface area (Å²) < 4.78 is 0.987. The van der Waals surface area contributed by atoms with Crippen molar-refractivity contribution in [3.05, 3.63) is 56.1 Å². The number of hydrogen-bond acceptors (Lipinski definition) is 3. The number of nitrogens with zero attached hydrogens (tertiary/aromatic N) is 2. The van der Waals surface area contributed by atoms with E-state index >= 15 is 0 Å². The summed E-state index contributed by atoms with van der Waals surface area (Å²) in [6.45, 7) is 2.02. The van der Waals surface area contributed by atoms with Crippen molar-refractivity contribution in [3.8, 4) is 21.8 Å². The van der Waals surface area contributed by atoms with Gasteiger partial charge in [-0.1, -0.05) is 53.0 Å². The van der Waals surface area contributed by atoms with Crippen LogP contribution in [0.1, 0.15) is 5.56 Å². The third-order valence-corrected chi connectivity index (χ3v) is 5.15. The zero-order valence-corrected chi connectivity index (χ0v) is 14.8. The molecule has 21 heavy (non-hydrogen) atoms. The molecule has 106 valence electrons. The lowest BCUT2D eigenvalue weighted by Crippen LogP contribution is -1.93. The first-order valence-corrected chi connectivity index (χ1v) is 8.52. The van der Waals surface area contributed by atoms with Crippen LogP contribution in [0.3, 0.4) is 0 Å². The summed E-state index contributed by atoms with van der Waals surface area (Å²) in [6.07, 6.45) is 0. The van der Waals surface area contributed by atoms with Gasteiger partial charge >= 0.3 is 0 Å². The van der Waals surface area contributed by atoms with Gasteiger partial charge in [0.15, 0.2) is 5.82 Å². The first-order chi connectivity index (χ1) is 10.0. The van der Waals surface area contributed by atoms with Crippen molar-refractivity contribution >= 4 is 50.5 Å². The molecular formula is C15H9BrCl2N2S. The monoisotopic (exact) mass is 398 g/mol. The van der Waals surface area contributed by atoms with Gasteiger partial charge in [-0.3, -0.25) is 0 Å². The standard InChI is InChI=1S/C15H9BrCl2N2S/c1-8-3-2-4-9(5-8)12-13(17)19-15(20-14(12)18)11-6-10(16)7-21-11/h2-7H,1H3. The van der Waals surface area contributed by atoms with E-state index in [9.17, 15) is 0 Å². The molecule has 0 bridgehead atoms. The largest absolute Gasteiger partial charge is 0.215 e. The molecule has 0 aliphatic rings. The maximum atomic E-state index is 6.34. The Morgan fingerprint density at radius 3 is 2.38 bits per heavy atom. The van der Waals surface area contributed by atoms with Crippen LogP contribution in [-0.2, 0) is 0 Å². The van der Waals surface area contributed by atoms with Crippen molar-refractivity contribution in [1.29, 1.82) is 0 Å². The van der Waals surface area contributed by atoms with Gasteiger partial charge in [-0.25, -0.2) is 9.97 Å². The van der Waals surface area contributed by atoms with E-state index < -0.39 is 0 Å². The van der Waals surface area contributed by atoms with Gasteiger partial charge in [0.25, 0.3) is 0 Å². The number of rotatable bonds is 2. The highest BCUT2D eigenvalue weighted by molar-refractivity contribution is 9.10. The molecule has 0 unspecified atom stereocenters. The van der Waals surface area contributed by atoms with Crippen molar-refractivity contribution in [2.24, 2.45) is 0 Å². The third kappa shape index (κ3) is 3.14. The van der Waals surface area contributed by atoms with Crippen LogP contribution < -0.4 is 0 Å². The van der Waals surface area contributed by atoms with Crippen LogP contribution in [0.25, 0.3) is 21.8 Å². The number of aromatic nitrogens is 2. The zero-order valence-electron chi connectivity index (χ0n) is 10.9. The van der Waals surface area contributed by atoms with Crippen molar-refractivity contribution in [2.75, 3.05) is 0 Å². The second-order valence-electron chi connectivity index (χ2n) is 4.50. The summed E-state index contributed by atoms with van der Waals surface area (Å²) in [4.78, 5) is 9.68. The van der Waals surface area contributed by atoms with Crippen molar-refractivity contribution in [2.45, 2.75) is 6.92 Å². The lowest BCUT2D eigenvalue weighted by molar-refractivity contribution is 1.19. The average Bonchev–Trinajstić information content (AvgIpc) is 2.85. The van der Waals surface area contributed by atoms with Gasteiger partial charge in [0.05, 0.1) is 10.4 Å². The van der Waals surface area contributed by atoms with Crippen LogP contribution >= 0.6 is 50.5 Å². The highest BCUT2D eigenvalue weighted by Crippen LogP contribution is 2.36.